The summed E-state index contributed by atoms with van der Waals surface area (Å²) in [5.74, 6) is -0.101. The van der Waals surface area contributed by atoms with E-state index in [1.807, 2.05) is 24.3 Å². The van der Waals surface area contributed by atoms with E-state index in [1.165, 1.54) is 4.90 Å². The highest BCUT2D eigenvalue weighted by Gasteiger charge is 2.08. The summed E-state index contributed by atoms with van der Waals surface area (Å²) >= 11 is 8.75. The lowest BCUT2D eigenvalue weighted by molar-refractivity contribution is -0.116. The second-order valence-corrected chi connectivity index (χ2v) is 3.75. The molecule has 1 aromatic rings. The Morgan fingerprint density at radius 3 is 2.46 bits per heavy atom. The molecule has 0 spiro atoms. The average Bonchev–Trinajstić information content (AvgIpc) is 2.17. The minimum atomic E-state index is -0.107. The van der Waals surface area contributed by atoms with E-state index in [0.29, 0.717) is 0 Å². The first-order valence-corrected chi connectivity index (χ1v) is 5.06. The molecule has 0 fully saturated rings. The molecule has 13 heavy (non-hydrogen) atoms. The number of amides is 1. The summed E-state index contributed by atoms with van der Waals surface area (Å²) in [7, 11) is 1.70. The van der Waals surface area contributed by atoms with Gasteiger partial charge in [-0.25, -0.2) is 0 Å². The minimum absolute atomic E-state index is 0.00651. The molecular weight excluding hydrogens is 253 g/mol. The van der Waals surface area contributed by atoms with Crippen LogP contribution < -0.4 is 4.90 Å². The van der Waals surface area contributed by atoms with Crippen LogP contribution in [0, 0.1) is 0 Å². The van der Waals surface area contributed by atoms with Crippen LogP contribution >= 0.6 is 27.5 Å². The van der Waals surface area contributed by atoms with Gasteiger partial charge >= 0.3 is 0 Å². The lowest BCUT2D eigenvalue weighted by Gasteiger charge is -2.15. The van der Waals surface area contributed by atoms with Gasteiger partial charge in [0.05, 0.1) is 0 Å². The van der Waals surface area contributed by atoms with Gasteiger partial charge in [-0.05, 0) is 24.3 Å². The van der Waals surface area contributed by atoms with Crippen LogP contribution in [-0.2, 0) is 4.79 Å². The van der Waals surface area contributed by atoms with Crippen molar-refractivity contribution in [2.45, 2.75) is 0 Å². The molecule has 1 rings (SSSR count). The van der Waals surface area contributed by atoms with Crippen LogP contribution in [-0.4, -0.2) is 18.8 Å². The Labute approximate surface area is 90.6 Å². The Bertz CT molecular complexity index is 299. The van der Waals surface area contributed by atoms with E-state index in [1.54, 1.807) is 7.05 Å². The highest BCUT2D eigenvalue weighted by molar-refractivity contribution is 9.10. The lowest BCUT2D eigenvalue weighted by Crippen LogP contribution is -2.26. The molecule has 0 heterocycles. The maximum atomic E-state index is 11.2. The average molecular weight is 263 g/mol. The van der Waals surface area contributed by atoms with Gasteiger partial charge in [0, 0.05) is 17.2 Å². The van der Waals surface area contributed by atoms with Crippen molar-refractivity contribution in [3.63, 3.8) is 0 Å². The Kier molecular flexibility index (Phi) is 3.75. The normalized spacial score (nSPS) is 9.77. The molecule has 0 aliphatic carbocycles. The molecule has 0 aromatic heterocycles. The predicted octanol–water partition coefficient (Wildman–Crippen LogP) is 2.65. The van der Waals surface area contributed by atoms with Gasteiger partial charge in [-0.15, -0.1) is 11.6 Å². The first-order valence-electron chi connectivity index (χ1n) is 3.73. The molecule has 0 aliphatic rings. The Balaban J connectivity index is 2.83. The number of alkyl halides is 1. The number of hydrogen-bond donors (Lipinski definition) is 0. The highest BCUT2D eigenvalue weighted by atomic mass is 79.9. The van der Waals surface area contributed by atoms with Crippen molar-refractivity contribution in [2.75, 3.05) is 17.8 Å². The fourth-order valence-corrected chi connectivity index (χ4v) is 1.34. The molecule has 0 saturated carbocycles. The number of carbonyl (C=O) groups is 1. The largest absolute Gasteiger partial charge is 0.314 e. The highest BCUT2D eigenvalue weighted by Crippen LogP contribution is 2.17. The van der Waals surface area contributed by atoms with E-state index in [9.17, 15) is 4.79 Å². The van der Waals surface area contributed by atoms with Crippen LogP contribution in [0.2, 0.25) is 0 Å². The third kappa shape index (κ3) is 2.71. The van der Waals surface area contributed by atoms with E-state index < -0.39 is 0 Å². The van der Waals surface area contributed by atoms with Crippen LogP contribution in [0.25, 0.3) is 0 Å². The van der Waals surface area contributed by atoms with E-state index >= 15 is 0 Å². The molecule has 2 nitrogen and oxygen atoms in total. The number of carbonyl (C=O) groups excluding carboxylic acids is 1. The monoisotopic (exact) mass is 261 g/mol. The van der Waals surface area contributed by atoms with Crippen molar-refractivity contribution >= 4 is 39.1 Å². The summed E-state index contributed by atoms with van der Waals surface area (Å²) in [4.78, 5) is 12.7. The number of hydrogen-bond acceptors (Lipinski definition) is 1. The first kappa shape index (κ1) is 10.5. The SMILES string of the molecule is CN(C(=O)CCl)c1ccc(Br)cc1. The van der Waals surface area contributed by atoms with E-state index in [4.69, 9.17) is 11.6 Å². The standard InChI is InChI=1S/C9H9BrClNO/c1-12(9(13)6-11)8-4-2-7(10)3-5-8/h2-5H,6H2,1H3. The molecule has 0 unspecified atom stereocenters. The van der Waals surface area contributed by atoms with Gasteiger partial charge in [0.2, 0.25) is 5.91 Å². The van der Waals surface area contributed by atoms with Crippen LogP contribution in [0.4, 0.5) is 5.69 Å². The number of benzene rings is 1. The van der Waals surface area contributed by atoms with E-state index in [2.05, 4.69) is 15.9 Å². The summed E-state index contributed by atoms with van der Waals surface area (Å²) in [5.41, 5.74) is 0.842. The zero-order valence-electron chi connectivity index (χ0n) is 7.13. The van der Waals surface area contributed by atoms with Gasteiger partial charge in [0.15, 0.2) is 0 Å². The van der Waals surface area contributed by atoms with E-state index in [0.717, 1.165) is 10.2 Å². The molecule has 4 heteroatoms. The molecule has 0 atom stereocenters. The van der Waals surface area contributed by atoms with Gasteiger partial charge in [0.25, 0.3) is 0 Å². The predicted molar refractivity (Wildman–Crippen MR) is 58.3 cm³/mol. The number of rotatable bonds is 2. The first-order chi connectivity index (χ1) is 6.15. The maximum absolute atomic E-state index is 11.2. The molecule has 0 aliphatic heterocycles. The third-order valence-corrected chi connectivity index (χ3v) is 2.46. The van der Waals surface area contributed by atoms with Gasteiger partial charge in [-0.1, -0.05) is 15.9 Å². The quantitative estimate of drug-likeness (QED) is 0.751. The summed E-state index contributed by atoms with van der Waals surface area (Å²) < 4.78 is 0.989. The molecule has 0 N–H and O–H groups in total. The fraction of sp³-hybridized carbons (Fsp3) is 0.222. The summed E-state index contributed by atoms with van der Waals surface area (Å²) in [6.45, 7) is 0. The number of anilines is 1. The van der Waals surface area contributed by atoms with Crippen LogP contribution in [0.15, 0.2) is 28.7 Å². The molecule has 0 saturated heterocycles. The molecule has 1 aromatic carbocycles. The van der Waals surface area contributed by atoms with Gasteiger partial charge in [-0.3, -0.25) is 4.79 Å². The Morgan fingerprint density at radius 2 is 2.00 bits per heavy atom. The topological polar surface area (TPSA) is 20.3 Å². The molecule has 1 amide bonds. The molecule has 0 bridgehead atoms. The van der Waals surface area contributed by atoms with Gasteiger partial charge in [-0.2, -0.15) is 0 Å². The number of nitrogens with zero attached hydrogens (tertiary/aromatic N) is 1. The van der Waals surface area contributed by atoms with Crippen molar-refractivity contribution in [1.82, 2.24) is 0 Å². The van der Waals surface area contributed by atoms with Crippen molar-refractivity contribution in [1.29, 1.82) is 0 Å². The summed E-state index contributed by atoms with van der Waals surface area (Å²) in [6, 6.07) is 7.48. The van der Waals surface area contributed by atoms with Crippen molar-refractivity contribution in [3.05, 3.63) is 28.7 Å². The van der Waals surface area contributed by atoms with Crippen LogP contribution in [0.1, 0.15) is 0 Å². The third-order valence-electron chi connectivity index (χ3n) is 1.70. The smallest absolute Gasteiger partial charge is 0.241 e. The molecule has 70 valence electrons. The second kappa shape index (κ2) is 4.63. The Morgan fingerprint density at radius 1 is 1.46 bits per heavy atom. The van der Waals surface area contributed by atoms with Crippen molar-refractivity contribution in [3.8, 4) is 0 Å². The van der Waals surface area contributed by atoms with Crippen molar-refractivity contribution < 1.29 is 4.79 Å². The van der Waals surface area contributed by atoms with E-state index in [-0.39, 0.29) is 11.8 Å². The van der Waals surface area contributed by atoms with Gasteiger partial charge in [0.1, 0.15) is 5.88 Å². The Hall–Kier alpha value is -0.540. The van der Waals surface area contributed by atoms with Crippen molar-refractivity contribution in [2.24, 2.45) is 0 Å². The zero-order valence-corrected chi connectivity index (χ0v) is 9.47. The summed E-state index contributed by atoms with van der Waals surface area (Å²) in [5, 5.41) is 0. The zero-order chi connectivity index (χ0) is 9.84. The van der Waals surface area contributed by atoms with Crippen LogP contribution in [0.3, 0.4) is 0 Å². The molecule has 0 radical (unpaired) electrons. The molecular formula is C9H9BrClNO. The summed E-state index contributed by atoms with van der Waals surface area (Å²) in [6.07, 6.45) is 0. The minimum Gasteiger partial charge on any atom is -0.314 e. The lowest BCUT2D eigenvalue weighted by atomic mass is 10.3. The van der Waals surface area contributed by atoms with Crippen LogP contribution in [0.5, 0.6) is 0 Å². The van der Waals surface area contributed by atoms with Gasteiger partial charge < -0.3 is 4.90 Å². The second-order valence-electron chi connectivity index (χ2n) is 2.56. The maximum Gasteiger partial charge on any atom is 0.241 e. The fourth-order valence-electron chi connectivity index (χ4n) is 0.898. The number of halogens is 2.